The molecule has 0 aliphatic heterocycles. The average molecular weight is 263 g/mol. The van der Waals surface area contributed by atoms with E-state index < -0.39 is 33.1 Å². The van der Waals surface area contributed by atoms with Crippen LogP contribution >= 0.6 is 0 Å². The Labute approximate surface area is 100 Å². The first kappa shape index (κ1) is 14.0. The van der Waals surface area contributed by atoms with Crippen molar-refractivity contribution in [1.82, 2.24) is 5.32 Å². The van der Waals surface area contributed by atoms with Crippen molar-refractivity contribution in [1.29, 1.82) is 0 Å². The van der Waals surface area contributed by atoms with Gasteiger partial charge in [-0.1, -0.05) is 13.8 Å². The van der Waals surface area contributed by atoms with Crippen molar-refractivity contribution in [2.75, 3.05) is 18.6 Å². The smallest absolute Gasteiger partial charge is 0.307 e. The molecule has 0 spiro atoms. The maximum absolute atomic E-state index is 11.7. The molecule has 1 fully saturated rings. The van der Waals surface area contributed by atoms with E-state index in [9.17, 15) is 18.0 Å². The summed E-state index contributed by atoms with van der Waals surface area (Å²) in [5.74, 6) is -2.76. The summed E-state index contributed by atoms with van der Waals surface area (Å²) in [7, 11) is -3.11. The number of nitrogens with one attached hydrogen (secondary N) is 1. The maximum Gasteiger partial charge on any atom is 0.307 e. The number of hydrogen-bond acceptors (Lipinski definition) is 4. The van der Waals surface area contributed by atoms with Gasteiger partial charge >= 0.3 is 5.97 Å². The van der Waals surface area contributed by atoms with E-state index in [1.54, 1.807) is 13.8 Å². The molecule has 0 radical (unpaired) electrons. The molecule has 17 heavy (non-hydrogen) atoms. The fourth-order valence-electron chi connectivity index (χ4n) is 2.06. The van der Waals surface area contributed by atoms with Crippen LogP contribution in [0.4, 0.5) is 0 Å². The molecule has 0 heterocycles. The first-order valence-electron chi connectivity index (χ1n) is 5.25. The predicted octanol–water partition coefficient (Wildman–Crippen LogP) is -0.496. The monoisotopic (exact) mass is 263 g/mol. The standard InChI is InChI=1S/C10H17NO5S/c1-10(2)6(7(10)9(13)14)8(12)11-4-5-17(3,15)16/h6-7H,4-5H2,1-3H3,(H,11,12)(H,13,14)/t6-,7+/m1/s1. The van der Waals surface area contributed by atoms with E-state index in [0.29, 0.717) is 0 Å². The Balaban J connectivity index is 2.49. The molecule has 6 nitrogen and oxygen atoms in total. The molecular formula is C10H17NO5S. The van der Waals surface area contributed by atoms with Crippen LogP contribution in [0.1, 0.15) is 13.8 Å². The van der Waals surface area contributed by atoms with Gasteiger partial charge in [-0.2, -0.15) is 0 Å². The summed E-state index contributed by atoms with van der Waals surface area (Å²) in [6.07, 6.45) is 1.08. The molecule has 1 amide bonds. The van der Waals surface area contributed by atoms with Crippen LogP contribution in [0.5, 0.6) is 0 Å². The molecule has 0 unspecified atom stereocenters. The molecule has 0 aromatic heterocycles. The van der Waals surface area contributed by atoms with Gasteiger partial charge in [0.15, 0.2) is 0 Å². The number of amides is 1. The Hall–Kier alpha value is -1.11. The van der Waals surface area contributed by atoms with Crippen molar-refractivity contribution >= 4 is 21.7 Å². The molecule has 1 saturated carbocycles. The highest BCUT2D eigenvalue weighted by molar-refractivity contribution is 7.90. The second-order valence-electron chi connectivity index (χ2n) is 5.04. The van der Waals surface area contributed by atoms with E-state index in [-0.39, 0.29) is 18.2 Å². The number of aliphatic carboxylic acids is 1. The molecular weight excluding hydrogens is 246 g/mol. The van der Waals surface area contributed by atoms with Crippen LogP contribution in [-0.4, -0.2) is 44.0 Å². The largest absolute Gasteiger partial charge is 0.481 e. The third-order valence-corrected chi connectivity index (χ3v) is 4.09. The molecule has 0 saturated heterocycles. The van der Waals surface area contributed by atoms with Crippen LogP contribution in [0.15, 0.2) is 0 Å². The number of carboxylic acid groups (broad SMARTS) is 1. The zero-order valence-electron chi connectivity index (χ0n) is 10.1. The molecule has 98 valence electrons. The lowest BCUT2D eigenvalue weighted by atomic mass is 10.1. The van der Waals surface area contributed by atoms with Gasteiger partial charge in [-0.05, 0) is 5.41 Å². The Morgan fingerprint density at radius 3 is 2.18 bits per heavy atom. The Morgan fingerprint density at radius 2 is 1.82 bits per heavy atom. The fraction of sp³-hybridized carbons (Fsp3) is 0.800. The number of carboxylic acids is 1. The minimum atomic E-state index is -3.11. The lowest BCUT2D eigenvalue weighted by Crippen LogP contribution is -2.31. The van der Waals surface area contributed by atoms with Gasteiger partial charge in [0.1, 0.15) is 9.84 Å². The summed E-state index contributed by atoms with van der Waals surface area (Å²) in [6, 6.07) is 0. The molecule has 2 N–H and O–H groups in total. The number of carbonyl (C=O) groups is 2. The van der Waals surface area contributed by atoms with Crippen LogP contribution in [0.2, 0.25) is 0 Å². The predicted molar refractivity (Wildman–Crippen MR) is 61.1 cm³/mol. The third-order valence-electron chi connectivity index (χ3n) is 3.15. The van der Waals surface area contributed by atoms with Gasteiger partial charge in [-0.15, -0.1) is 0 Å². The van der Waals surface area contributed by atoms with Gasteiger partial charge < -0.3 is 10.4 Å². The van der Waals surface area contributed by atoms with Crippen molar-refractivity contribution in [3.05, 3.63) is 0 Å². The SMILES string of the molecule is CC1(C)[C@H](C(=O)O)[C@@H]1C(=O)NCCS(C)(=O)=O. The summed E-state index contributed by atoms with van der Waals surface area (Å²) < 4.78 is 21.7. The molecule has 0 bridgehead atoms. The molecule has 2 atom stereocenters. The van der Waals surface area contributed by atoms with Crippen molar-refractivity contribution < 1.29 is 23.1 Å². The van der Waals surface area contributed by atoms with Crippen molar-refractivity contribution in [2.24, 2.45) is 17.3 Å². The molecule has 0 aromatic carbocycles. The zero-order valence-corrected chi connectivity index (χ0v) is 10.9. The van der Waals surface area contributed by atoms with Crippen LogP contribution < -0.4 is 5.32 Å². The maximum atomic E-state index is 11.7. The highest BCUT2D eigenvalue weighted by Crippen LogP contribution is 2.58. The van der Waals surface area contributed by atoms with Crippen LogP contribution in [-0.2, 0) is 19.4 Å². The average Bonchev–Trinajstić information content (AvgIpc) is 2.66. The van der Waals surface area contributed by atoms with E-state index in [4.69, 9.17) is 5.11 Å². The summed E-state index contributed by atoms with van der Waals surface area (Å²) in [4.78, 5) is 22.5. The molecule has 1 aliphatic carbocycles. The number of hydrogen-bond donors (Lipinski definition) is 2. The molecule has 7 heteroatoms. The lowest BCUT2D eigenvalue weighted by molar-refractivity contribution is -0.140. The number of rotatable bonds is 5. The van der Waals surface area contributed by atoms with Crippen LogP contribution in [0.3, 0.4) is 0 Å². The molecule has 1 rings (SSSR count). The van der Waals surface area contributed by atoms with Gasteiger partial charge in [0.05, 0.1) is 17.6 Å². The van der Waals surface area contributed by atoms with E-state index in [1.165, 1.54) is 0 Å². The van der Waals surface area contributed by atoms with E-state index in [1.807, 2.05) is 0 Å². The van der Waals surface area contributed by atoms with Gasteiger partial charge in [0.25, 0.3) is 0 Å². The first-order valence-corrected chi connectivity index (χ1v) is 7.31. The van der Waals surface area contributed by atoms with Gasteiger partial charge in [-0.25, -0.2) is 8.42 Å². The highest BCUT2D eigenvalue weighted by atomic mass is 32.2. The molecule has 1 aliphatic rings. The summed E-state index contributed by atoms with van der Waals surface area (Å²) >= 11 is 0. The van der Waals surface area contributed by atoms with E-state index in [2.05, 4.69) is 5.32 Å². The van der Waals surface area contributed by atoms with Crippen LogP contribution in [0, 0.1) is 17.3 Å². The van der Waals surface area contributed by atoms with Crippen molar-refractivity contribution in [3.63, 3.8) is 0 Å². The minimum Gasteiger partial charge on any atom is -0.481 e. The summed E-state index contributed by atoms with van der Waals surface area (Å²) in [6.45, 7) is 3.45. The van der Waals surface area contributed by atoms with E-state index >= 15 is 0 Å². The summed E-state index contributed by atoms with van der Waals surface area (Å²) in [5.41, 5.74) is -0.555. The first-order chi connectivity index (χ1) is 7.57. The fourth-order valence-corrected chi connectivity index (χ4v) is 2.53. The Kier molecular flexibility index (Phi) is 3.52. The lowest BCUT2D eigenvalue weighted by Gasteiger charge is -2.04. The quantitative estimate of drug-likeness (QED) is 0.696. The topological polar surface area (TPSA) is 101 Å². The Morgan fingerprint density at radius 1 is 1.29 bits per heavy atom. The minimum absolute atomic E-state index is 0.0244. The normalized spacial score (nSPS) is 26.3. The third kappa shape index (κ3) is 3.18. The van der Waals surface area contributed by atoms with E-state index in [0.717, 1.165) is 6.26 Å². The number of sulfone groups is 1. The Bertz CT molecular complexity index is 440. The highest BCUT2D eigenvalue weighted by Gasteiger charge is 2.65. The van der Waals surface area contributed by atoms with Gasteiger partial charge in [0, 0.05) is 12.8 Å². The number of carbonyl (C=O) groups excluding carboxylic acids is 1. The van der Waals surface area contributed by atoms with Crippen LogP contribution in [0.25, 0.3) is 0 Å². The molecule has 0 aromatic rings. The van der Waals surface area contributed by atoms with Crippen molar-refractivity contribution in [3.8, 4) is 0 Å². The van der Waals surface area contributed by atoms with Gasteiger partial charge in [-0.3, -0.25) is 9.59 Å². The van der Waals surface area contributed by atoms with Crippen molar-refractivity contribution in [2.45, 2.75) is 13.8 Å². The second-order valence-corrected chi connectivity index (χ2v) is 7.30. The second kappa shape index (κ2) is 4.29. The van der Waals surface area contributed by atoms with Gasteiger partial charge in [0.2, 0.25) is 5.91 Å². The zero-order chi connectivity index (χ0) is 13.4. The summed E-state index contributed by atoms with van der Waals surface area (Å²) in [5, 5.41) is 11.3.